The SMILES string of the molecule is COC(=O)C1(C23CCCCC2O3)CCC2OC2C1. The molecule has 4 aliphatic rings. The second-order valence-corrected chi connectivity index (χ2v) is 6.27. The van der Waals surface area contributed by atoms with E-state index in [1.807, 2.05) is 0 Å². The molecule has 4 nitrogen and oxygen atoms in total. The first-order chi connectivity index (χ1) is 8.72. The normalized spacial score (nSPS) is 53.1. The van der Waals surface area contributed by atoms with Gasteiger partial charge >= 0.3 is 5.97 Å². The fourth-order valence-electron chi connectivity index (χ4n) is 4.49. The highest BCUT2D eigenvalue weighted by atomic mass is 16.6. The van der Waals surface area contributed by atoms with E-state index in [2.05, 4.69) is 0 Å². The Labute approximate surface area is 107 Å². The van der Waals surface area contributed by atoms with Crippen molar-refractivity contribution in [3.05, 3.63) is 0 Å². The second-order valence-electron chi connectivity index (χ2n) is 6.27. The highest BCUT2D eigenvalue weighted by Gasteiger charge is 2.74. The molecule has 100 valence electrons. The van der Waals surface area contributed by atoms with Crippen molar-refractivity contribution in [1.82, 2.24) is 0 Å². The van der Waals surface area contributed by atoms with Gasteiger partial charge in [0.05, 0.1) is 25.4 Å². The summed E-state index contributed by atoms with van der Waals surface area (Å²) in [5.41, 5.74) is -0.639. The number of hydrogen-bond acceptors (Lipinski definition) is 4. The summed E-state index contributed by atoms with van der Waals surface area (Å²) in [4.78, 5) is 12.4. The van der Waals surface area contributed by atoms with Gasteiger partial charge in [0, 0.05) is 0 Å². The average molecular weight is 252 g/mol. The zero-order chi connectivity index (χ0) is 12.4. The molecule has 0 spiro atoms. The summed E-state index contributed by atoms with van der Waals surface area (Å²) in [5.74, 6) is -0.0687. The van der Waals surface area contributed by atoms with Crippen LogP contribution in [-0.2, 0) is 19.0 Å². The molecule has 0 aromatic rings. The van der Waals surface area contributed by atoms with Gasteiger partial charge in [-0.25, -0.2) is 0 Å². The minimum atomic E-state index is -0.426. The second kappa shape index (κ2) is 3.48. The van der Waals surface area contributed by atoms with Crippen LogP contribution in [0.3, 0.4) is 0 Å². The van der Waals surface area contributed by atoms with E-state index < -0.39 is 5.41 Å². The topological polar surface area (TPSA) is 51.4 Å². The van der Waals surface area contributed by atoms with E-state index in [0.29, 0.717) is 12.2 Å². The molecule has 4 rings (SSSR count). The first kappa shape index (κ1) is 11.2. The van der Waals surface area contributed by atoms with Crippen LogP contribution in [0.5, 0.6) is 0 Å². The number of rotatable bonds is 2. The van der Waals surface area contributed by atoms with Gasteiger partial charge in [0.25, 0.3) is 0 Å². The molecule has 2 saturated carbocycles. The third kappa shape index (κ3) is 1.26. The molecule has 2 heterocycles. The van der Waals surface area contributed by atoms with Crippen LogP contribution in [0.1, 0.15) is 44.9 Å². The number of fused-ring (bicyclic) bond motifs is 2. The molecule has 2 aliphatic carbocycles. The van der Waals surface area contributed by atoms with E-state index >= 15 is 0 Å². The smallest absolute Gasteiger partial charge is 0.314 e. The van der Waals surface area contributed by atoms with E-state index in [0.717, 1.165) is 32.1 Å². The Bertz CT molecular complexity index is 395. The maximum atomic E-state index is 12.4. The lowest BCUT2D eigenvalue weighted by molar-refractivity contribution is -0.160. The van der Waals surface area contributed by atoms with Crippen LogP contribution in [-0.4, -0.2) is 37.0 Å². The highest BCUT2D eigenvalue weighted by Crippen LogP contribution is 2.65. The summed E-state index contributed by atoms with van der Waals surface area (Å²) >= 11 is 0. The maximum absolute atomic E-state index is 12.4. The van der Waals surface area contributed by atoms with Gasteiger partial charge in [-0.15, -0.1) is 0 Å². The number of hydrogen-bond donors (Lipinski definition) is 0. The fourth-order valence-corrected chi connectivity index (χ4v) is 4.49. The van der Waals surface area contributed by atoms with Gasteiger partial charge in [0.1, 0.15) is 11.0 Å². The minimum absolute atomic E-state index is 0.0687. The van der Waals surface area contributed by atoms with Crippen LogP contribution < -0.4 is 0 Å². The van der Waals surface area contributed by atoms with Crippen molar-refractivity contribution in [2.45, 2.75) is 68.9 Å². The monoisotopic (exact) mass is 252 g/mol. The molecule has 0 aromatic heterocycles. The van der Waals surface area contributed by atoms with E-state index in [-0.39, 0.29) is 17.7 Å². The molecule has 4 fully saturated rings. The molecule has 0 bridgehead atoms. The van der Waals surface area contributed by atoms with Crippen molar-refractivity contribution in [2.24, 2.45) is 5.41 Å². The van der Waals surface area contributed by atoms with Crippen LogP contribution in [0, 0.1) is 5.41 Å². The van der Waals surface area contributed by atoms with Crippen LogP contribution in [0.25, 0.3) is 0 Å². The maximum Gasteiger partial charge on any atom is 0.314 e. The lowest BCUT2D eigenvalue weighted by Gasteiger charge is -2.39. The molecular formula is C14H20O4. The number of esters is 1. The van der Waals surface area contributed by atoms with Gasteiger partial charge in [-0.05, 0) is 32.1 Å². The molecule has 4 heteroatoms. The zero-order valence-corrected chi connectivity index (χ0v) is 10.8. The van der Waals surface area contributed by atoms with Crippen molar-refractivity contribution in [1.29, 1.82) is 0 Å². The van der Waals surface area contributed by atoms with Crippen molar-refractivity contribution in [2.75, 3.05) is 7.11 Å². The van der Waals surface area contributed by atoms with Crippen molar-refractivity contribution in [3.63, 3.8) is 0 Å². The lowest BCUT2D eigenvalue weighted by Crippen LogP contribution is -2.51. The number of carbonyl (C=O) groups is 1. The van der Waals surface area contributed by atoms with Crippen molar-refractivity contribution >= 4 is 5.97 Å². The van der Waals surface area contributed by atoms with Crippen molar-refractivity contribution in [3.8, 4) is 0 Å². The first-order valence-corrected chi connectivity index (χ1v) is 7.14. The Kier molecular flexibility index (Phi) is 2.17. The minimum Gasteiger partial charge on any atom is -0.469 e. The predicted octanol–water partition coefficient (Wildman–Crippen LogP) is 1.81. The van der Waals surface area contributed by atoms with Crippen molar-refractivity contribution < 1.29 is 19.0 Å². The molecular weight excluding hydrogens is 232 g/mol. The Morgan fingerprint density at radius 3 is 2.83 bits per heavy atom. The van der Waals surface area contributed by atoms with Gasteiger partial charge < -0.3 is 14.2 Å². The molecule has 18 heavy (non-hydrogen) atoms. The van der Waals surface area contributed by atoms with E-state index in [9.17, 15) is 4.79 Å². The molecule has 2 aliphatic heterocycles. The van der Waals surface area contributed by atoms with Gasteiger partial charge in [0.2, 0.25) is 0 Å². The molecule has 5 unspecified atom stereocenters. The third-order valence-electron chi connectivity index (χ3n) is 5.56. The average Bonchev–Trinajstić information content (AvgIpc) is 3.28. The first-order valence-electron chi connectivity index (χ1n) is 7.14. The predicted molar refractivity (Wildman–Crippen MR) is 63.0 cm³/mol. The number of ether oxygens (including phenoxy) is 3. The fraction of sp³-hybridized carbons (Fsp3) is 0.929. The molecule has 2 saturated heterocycles. The number of carbonyl (C=O) groups excluding carboxylic acids is 1. The van der Waals surface area contributed by atoms with Gasteiger partial charge in [-0.1, -0.05) is 12.8 Å². The van der Waals surface area contributed by atoms with E-state index in [1.54, 1.807) is 0 Å². The molecule has 0 radical (unpaired) electrons. The lowest BCUT2D eigenvalue weighted by atomic mass is 9.61. The third-order valence-corrected chi connectivity index (χ3v) is 5.56. The van der Waals surface area contributed by atoms with Gasteiger partial charge in [-0.3, -0.25) is 4.79 Å². The summed E-state index contributed by atoms with van der Waals surface area (Å²) in [7, 11) is 1.50. The molecule has 0 N–H and O–H groups in total. The van der Waals surface area contributed by atoms with E-state index in [1.165, 1.54) is 20.0 Å². The molecule has 5 atom stereocenters. The Morgan fingerprint density at radius 2 is 2.11 bits per heavy atom. The summed E-state index contributed by atoms with van der Waals surface area (Å²) in [6, 6.07) is 0. The van der Waals surface area contributed by atoms with Crippen LogP contribution in [0.4, 0.5) is 0 Å². The number of epoxide rings is 2. The molecule has 0 aromatic carbocycles. The largest absolute Gasteiger partial charge is 0.469 e. The molecule has 0 amide bonds. The quantitative estimate of drug-likeness (QED) is 0.555. The summed E-state index contributed by atoms with van der Waals surface area (Å²) in [6.07, 6.45) is 8.16. The summed E-state index contributed by atoms with van der Waals surface area (Å²) < 4.78 is 16.8. The van der Waals surface area contributed by atoms with E-state index in [4.69, 9.17) is 14.2 Å². The summed E-state index contributed by atoms with van der Waals surface area (Å²) in [6.45, 7) is 0. The Hall–Kier alpha value is -0.610. The standard InChI is InChI=1S/C14H20O4/c1-16-12(15)13(7-5-9-10(8-13)17-9)14-6-3-2-4-11(14)18-14/h9-11H,2-8H2,1H3. The highest BCUT2D eigenvalue weighted by molar-refractivity contribution is 5.80. The Balaban J connectivity index is 1.68. The summed E-state index contributed by atoms with van der Waals surface area (Å²) in [5, 5.41) is 0. The van der Waals surface area contributed by atoms with Crippen LogP contribution in [0.15, 0.2) is 0 Å². The van der Waals surface area contributed by atoms with Gasteiger partial charge in [0.15, 0.2) is 0 Å². The zero-order valence-electron chi connectivity index (χ0n) is 10.8. The van der Waals surface area contributed by atoms with Crippen LogP contribution in [0.2, 0.25) is 0 Å². The van der Waals surface area contributed by atoms with Gasteiger partial charge in [-0.2, -0.15) is 0 Å². The number of methoxy groups -OCH3 is 1. The Morgan fingerprint density at radius 1 is 1.22 bits per heavy atom. The van der Waals surface area contributed by atoms with Crippen LogP contribution >= 0.6 is 0 Å².